The minimum Gasteiger partial charge on any atom is -0.388 e. The molecule has 0 heterocycles. The lowest BCUT2D eigenvalue weighted by Crippen LogP contribution is -2.59. The van der Waals surface area contributed by atoms with Gasteiger partial charge >= 0.3 is 0 Å². The molecule has 3 saturated carbocycles. The molecule has 0 bridgehead atoms. The second-order valence-corrected chi connectivity index (χ2v) is 8.71. The smallest absolute Gasteiger partial charge is 0.190 e. The maximum Gasteiger partial charge on any atom is 0.190 e. The Morgan fingerprint density at radius 1 is 1.24 bits per heavy atom. The molecule has 0 aromatic heterocycles. The standard InChI is InChI=1S/C20H26O5/c1-19-9-16(23)18-13-5-3-12(22)8-11(13)2-4-14(18)15(19)6-7-20(19,25)17(24)10-21/h8,13-15,18,21,25H,2-7,9-10H2,1H3/t13-,14-,15-,18+,19-,20-/m0/s1. The van der Waals surface area contributed by atoms with E-state index in [-0.39, 0.29) is 41.7 Å². The monoisotopic (exact) mass is 346 g/mol. The van der Waals surface area contributed by atoms with Gasteiger partial charge in [0.15, 0.2) is 11.6 Å². The number of Topliss-reactive ketones (excluding diaryl/α,β-unsaturated/α-hetero) is 2. The summed E-state index contributed by atoms with van der Waals surface area (Å²) in [6.45, 7) is 1.18. The van der Waals surface area contributed by atoms with Crippen molar-refractivity contribution < 1.29 is 24.6 Å². The third-order valence-electron chi connectivity index (χ3n) is 7.80. The van der Waals surface area contributed by atoms with Crippen LogP contribution in [0.1, 0.15) is 51.9 Å². The van der Waals surface area contributed by atoms with Crippen LogP contribution in [0.15, 0.2) is 11.6 Å². The Hall–Kier alpha value is -1.33. The summed E-state index contributed by atoms with van der Waals surface area (Å²) in [4.78, 5) is 37.1. The van der Waals surface area contributed by atoms with Gasteiger partial charge in [-0.1, -0.05) is 12.5 Å². The average molecular weight is 346 g/mol. The zero-order valence-electron chi connectivity index (χ0n) is 14.7. The van der Waals surface area contributed by atoms with Gasteiger partial charge in [-0.05, 0) is 55.9 Å². The highest BCUT2D eigenvalue weighted by Gasteiger charge is 2.66. The zero-order valence-corrected chi connectivity index (χ0v) is 14.7. The van der Waals surface area contributed by atoms with E-state index in [9.17, 15) is 24.6 Å². The van der Waals surface area contributed by atoms with Gasteiger partial charge in [-0.15, -0.1) is 0 Å². The van der Waals surface area contributed by atoms with Crippen molar-refractivity contribution in [3.05, 3.63) is 11.6 Å². The fourth-order valence-electron chi connectivity index (χ4n) is 6.57. The molecule has 0 unspecified atom stereocenters. The topological polar surface area (TPSA) is 91.7 Å². The van der Waals surface area contributed by atoms with Crippen molar-refractivity contribution in [2.24, 2.45) is 29.1 Å². The first-order valence-corrected chi connectivity index (χ1v) is 9.44. The molecule has 6 atom stereocenters. The van der Waals surface area contributed by atoms with Crippen molar-refractivity contribution in [1.29, 1.82) is 0 Å². The van der Waals surface area contributed by atoms with Crippen LogP contribution in [0, 0.1) is 29.1 Å². The van der Waals surface area contributed by atoms with E-state index >= 15 is 0 Å². The highest BCUT2D eigenvalue weighted by atomic mass is 16.3. The second kappa shape index (κ2) is 5.58. The van der Waals surface area contributed by atoms with E-state index in [1.54, 1.807) is 6.08 Å². The first kappa shape index (κ1) is 17.1. The molecule has 0 saturated heterocycles. The molecule has 136 valence electrons. The number of hydrogen-bond donors (Lipinski definition) is 2. The summed E-state index contributed by atoms with van der Waals surface area (Å²) in [7, 11) is 0. The van der Waals surface area contributed by atoms with Crippen molar-refractivity contribution >= 4 is 17.3 Å². The minimum absolute atomic E-state index is 0.0715. The molecule has 0 radical (unpaired) electrons. The van der Waals surface area contributed by atoms with Crippen LogP contribution in [0.5, 0.6) is 0 Å². The highest BCUT2D eigenvalue weighted by molar-refractivity contribution is 5.94. The number of carbonyl (C=O) groups is 3. The minimum atomic E-state index is -1.59. The predicted octanol–water partition coefficient (Wildman–Crippen LogP) is 1.60. The molecule has 25 heavy (non-hydrogen) atoms. The van der Waals surface area contributed by atoms with Crippen molar-refractivity contribution in [1.82, 2.24) is 0 Å². The molecule has 5 heteroatoms. The summed E-state index contributed by atoms with van der Waals surface area (Å²) in [6.07, 6.45) is 5.94. The normalized spacial score (nSPS) is 46.1. The van der Waals surface area contributed by atoms with Crippen LogP contribution in [-0.2, 0) is 14.4 Å². The number of carbonyl (C=O) groups excluding carboxylic acids is 3. The van der Waals surface area contributed by atoms with E-state index in [1.165, 1.54) is 0 Å². The largest absolute Gasteiger partial charge is 0.388 e. The molecule has 2 N–H and O–H groups in total. The SMILES string of the molecule is C[C@]12CC(=O)[C@H]3[C@@H](CCC4=CC(=O)CC[C@@H]43)[C@@H]1CC[C@]2(O)C(=O)CO. The van der Waals surface area contributed by atoms with E-state index in [0.29, 0.717) is 12.8 Å². The fourth-order valence-corrected chi connectivity index (χ4v) is 6.57. The van der Waals surface area contributed by atoms with Crippen molar-refractivity contribution in [2.45, 2.75) is 57.5 Å². The Labute approximate surface area is 147 Å². The molecule has 0 spiro atoms. The number of allylic oxidation sites excluding steroid dienone is 1. The maximum absolute atomic E-state index is 13.1. The van der Waals surface area contributed by atoms with Crippen LogP contribution in [0.3, 0.4) is 0 Å². The third-order valence-corrected chi connectivity index (χ3v) is 7.80. The summed E-state index contributed by atoms with van der Waals surface area (Å²) >= 11 is 0. The Balaban J connectivity index is 1.70. The Morgan fingerprint density at radius 3 is 2.72 bits per heavy atom. The van der Waals surface area contributed by atoms with Crippen LogP contribution in [0.2, 0.25) is 0 Å². The number of rotatable bonds is 2. The second-order valence-electron chi connectivity index (χ2n) is 8.71. The number of hydrogen-bond acceptors (Lipinski definition) is 5. The Morgan fingerprint density at radius 2 is 2.00 bits per heavy atom. The summed E-state index contributed by atoms with van der Waals surface area (Å²) in [6, 6.07) is 0. The number of aliphatic hydroxyl groups excluding tert-OH is 1. The Kier molecular flexibility index (Phi) is 3.82. The molecule has 4 aliphatic rings. The molecule has 4 aliphatic carbocycles. The van der Waals surface area contributed by atoms with Crippen LogP contribution in [0.25, 0.3) is 0 Å². The van der Waals surface area contributed by atoms with Gasteiger partial charge in [-0.25, -0.2) is 0 Å². The van der Waals surface area contributed by atoms with Crippen molar-refractivity contribution in [3.63, 3.8) is 0 Å². The van der Waals surface area contributed by atoms with Crippen LogP contribution < -0.4 is 0 Å². The van der Waals surface area contributed by atoms with Crippen LogP contribution in [0.4, 0.5) is 0 Å². The zero-order chi connectivity index (χ0) is 18.0. The Bertz CT molecular complexity index is 680. The molecule has 5 nitrogen and oxygen atoms in total. The molecule has 0 aromatic rings. The van der Waals surface area contributed by atoms with Crippen LogP contribution in [-0.4, -0.2) is 39.8 Å². The van der Waals surface area contributed by atoms with E-state index in [4.69, 9.17) is 0 Å². The van der Waals surface area contributed by atoms with Crippen molar-refractivity contribution in [2.75, 3.05) is 6.61 Å². The molecular formula is C20H26O5. The molecule has 0 aliphatic heterocycles. The predicted molar refractivity (Wildman–Crippen MR) is 89.5 cm³/mol. The van der Waals surface area contributed by atoms with Gasteiger partial charge in [0.25, 0.3) is 0 Å². The molecule has 4 rings (SSSR count). The van der Waals surface area contributed by atoms with E-state index < -0.39 is 23.4 Å². The number of ketones is 3. The maximum atomic E-state index is 13.1. The lowest BCUT2D eigenvalue weighted by atomic mass is 9.50. The number of aliphatic hydroxyl groups is 2. The van der Waals surface area contributed by atoms with E-state index in [2.05, 4.69) is 0 Å². The van der Waals surface area contributed by atoms with E-state index in [0.717, 1.165) is 31.3 Å². The number of fused-ring (bicyclic) bond motifs is 5. The molecule has 0 aromatic carbocycles. The quantitative estimate of drug-likeness (QED) is 0.792. The summed E-state index contributed by atoms with van der Waals surface area (Å²) in [5, 5.41) is 20.4. The van der Waals surface area contributed by atoms with Gasteiger partial charge in [0, 0.05) is 24.2 Å². The summed E-state index contributed by atoms with van der Waals surface area (Å²) in [5.41, 5.74) is -1.24. The van der Waals surface area contributed by atoms with Gasteiger partial charge in [0.2, 0.25) is 0 Å². The van der Waals surface area contributed by atoms with Gasteiger partial charge < -0.3 is 10.2 Å². The lowest BCUT2D eigenvalue weighted by Gasteiger charge is -2.54. The first-order valence-electron chi connectivity index (χ1n) is 9.44. The third kappa shape index (κ3) is 2.18. The van der Waals surface area contributed by atoms with Gasteiger partial charge in [0.05, 0.1) is 0 Å². The lowest BCUT2D eigenvalue weighted by molar-refractivity contribution is -0.167. The molecular weight excluding hydrogens is 320 g/mol. The van der Waals surface area contributed by atoms with Gasteiger partial charge in [-0.3, -0.25) is 14.4 Å². The van der Waals surface area contributed by atoms with Gasteiger partial charge in [0.1, 0.15) is 18.0 Å². The molecule has 3 fully saturated rings. The molecule has 0 amide bonds. The first-order chi connectivity index (χ1) is 11.8. The highest BCUT2D eigenvalue weighted by Crippen LogP contribution is 2.64. The summed E-state index contributed by atoms with van der Waals surface area (Å²) in [5.74, 6) is 0.121. The van der Waals surface area contributed by atoms with Crippen LogP contribution >= 0.6 is 0 Å². The fraction of sp³-hybridized carbons (Fsp3) is 0.750. The summed E-state index contributed by atoms with van der Waals surface area (Å²) < 4.78 is 0. The van der Waals surface area contributed by atoms with Crippen molar-refractivity contribution in [3.8, 4) is 0 Å². The average Bonchev–Trinajstić information content (AvgIpc) is 2.85. The van der Waals surface area contributed by atoms with E-state index in [1.807, 2.05) is 6.92 Å². The van der Waals surface area contributed by atoms with Gasteiger partial charge in [-0.2, -0.15) is 0 Å².